The first kappa shape index (κ1) is 15.5. The molecule has 2 amide bonds. The summed E-state index contributed by atoms with van der Waals surface area (Å²) in [6.45, 7) is 4.94. The third kappa shape index (κ3) is 2.91. The number of carbonyl (C=O) groups excluding carboxylic acids is 2. The maximum absolute atomic E-state index is 13.0. The van der Waals surface area contributed by atoms with E-state index < -0.39 is 0 Å². The second-order valence-electron chi connectivity index (χ2n) is 6.74. The molecular weight excluding hydrogens is 296 g/mol. The summed E-state index contributed by atoms with van der Waals surface area (Å²) < 4.78 is 0. The van der Waals surface area contributed by atoms with Gasteiger partial charge in [-0.25, -0.2) is 0 Å². The second kappa shape index (κ2) is 6.03. The van der Waals surface area contributed by atoms with Gasteiger partial charge in [-0.1, -0.05) is 0 Å². The fourth-order valence-corrected chi connectivity index (χ4v) is 4.66. The van der Waals surface area contributed by atoms with E-state index in [2.05, 4.69) is 12.2 Å². The monoisotopic (exact) mass is 320 g/mol. The molecule has 2 aliphatic heterocycles. The standard InChI is InChI=1S/C17H24N2O2S/c1-12-8-9-13(22-12)16(21)19-11-4-3-10-17(2)14(19)6-5-7-15(20)18-17/h8-9,14H,3-7,10-11H2,1-2H3,(H,18,20)/t14-,17-/m0/s1. The van der Waals surface area contributed by atoms with Crippen LogP contribution < -0.4 is 5.32 Å². The van der Waals surface area contributed by atoms with Gasteiger partial charge < -0.3 is 10.2 Å². The Morgan fingerprint density at radius 3 is 2.91 bits per heavy atom. The molecule has 2 saturated heterocycles. The summed E-state index contributed by atoms with van der Waals surface area (Å²) in [5.41, 5.74) is -0.286. The van der Waals surface area contributed by atoms with Gasteiger partial charge in [0.05, 0.1) is 16.5 Å². The molecule has 22 heavy (non-hydrogen) atoms. The van der Waals surface area contributed by atoms with Crippen LogP contribution in [-0.2, 0) is 4.79 Å². The third-order valence-corrected chi connectivity index (χ3v) is 5.96. The van der Waals surface area contributed by atoms with Crippen LogP contribution >= 0.6 is 11.3 Å². The van der Waals surface area contributed by atoms with Gasteiger partial charge in [0.25, 0.3) is 5.91 Å². The molecule has 0 unspecified atom stereocenters. The third-order valence-electron chi connectivity index (χ3n) is 4.98. The van der Waals surface area contributed by atoms with Crippen LogP contribution in [-0.4, -0.2) is 34.8 Å². The lowest BCUT2D eigenvalue weighted by Gasteiger charge is -2.41. The molecule has 2 aliphatic rings. The molecule has 120 valence electrons. The molecule has 2 fully saturated rings. The van der Waals surface area contributed by atoms with Crippen molar-refractivity contribution in [3.63, 3.8) is 0 Å². The predicted octanol–water partition coefficient (Wildman–Crippen LogP) is 3.11. The maximum Gasteiger partial charge on any atom is 0.264 e. The Morgan fingerprint density at radius 1 is 1.36 bits per heavy atom. The lowest BCUT2D eigenvalue weighted by atomic mass is 9.85. The Hall–Kier alpha value is -1.36. The number of hydrogen-bond donors (Lipinski definition) is 1. The number of fused-ring (bicyclic) bond motifs is 1. The normalized spacial score (nSPS) is 29.3. The fourth-order valence-electron chi connectivity index (χ4n) is 3.83. The van der Waals surface area contributed by atoms with Gasteiger partial charge in [0, 0.05) is 17.8 Å². The number of nitrogens with one attached hydrogen (secondary N) is 1. The van der Waals surface area contributed by atoms with E-state index in [9.17, 15) is 9.59 Å². The molecule has 0 radical (unpaired) electrons. The number of likely N-dealkylation sites (tertiary alicyclic amines) is 1. The summed E-state index contributed by atoms with van der Waals surface area (Å²) in [5, 5.41) is 3.21. The Bertz CT molecular complexity index is 583. The molecule has 4 nitrogen and oxygen atoms in total. The van der Waals surface area contributed by atoms with E-state index in [1.165, 1.54) is 0 Å². The average molecular weight is 320 g/mol. The number of hydrogen-bond acceptors (Lipinski definition) is 3. The van der Waals surface area contributed by atoms with Crippen molar-refractivity contribution in [2.24, 2.45) is 0 Å². The Balaban J connectivity index is 1.91. The minimum Gasteiger partial charge on any atom is -0.349 e. The van der Waals surface area contributed by atoms with Crippen molar-refractivity contribution < 1.29 is 9.59 Å². The van der Waals surface area contributed by atoms with Crippen LogP contribution in [0.3, 0.4) is 0 Å². The molecule has 0 aliphatic carbocycles. The van der Waals surface area contributed by atoms with Gasteiger partial charge in [-0.2, -0.15) is 0 Å². The van der Waals surface area contributed by atoms with Crippen LogP contribution in [0.4, 0.5) is 0 Å². The van der Waals surface area contributed by atoms with E-state index in [4.69, 9.17) is 0 Å². The molecule has 0 bridgehead atoms. The van der Waals surface area contributed by atoms with E-state index in [0.29, 0.717) is 6.42 Å². The topological polar surface area (TPSA) is 49.4 Å². The van der Waals surface area contributed by atoms with Gasteiger partial charge in [-0.3, -0.25) is 9.59 Å². The van der Waals surface area contributed by atoms with Crippen LogP contribution in [0.1, 0.15) is 60.0 Å². The highest BCUT2D eigenvalue weighted by atomic mass is 32.1. The molecule has 1 N–H and O–H groups in total. The molecule has 1 aromatic heterocycles. The summed E-state index contributed by atoms with van der Waals surface area (Å²) >= 11 is 1.56. The van der Waals surface area contributed by atoms with Crippen molar-refractivity contribution in [1.82, 2.24) is 10.2 Å². The predicted molar refractivity (Wildman–Crippen MR) is 88.1 cm³/mol. The maximum atomic E-state index is 13.0. The van der Waals surface area contributed by atoms with Gasteiger partial charge in [0.15, 0.2) is 0 Å². The van der Waals surface area contributed by atoms with Crippen molar-refractivity contribution in [2.45, 2.75) is 64.0 Å². The van der Waals surface area contributed by atoms with Gasteiger partial charge in [0.1, 0.15) is 0 Å². The number of rotatable bonds is 1. The van der Waals surface area contributed by atoms with Gasteiger partial charge >= 0.3 is 0 Å². The molecule has 0 saturated carbocycles. The lowest BCUT2D eigenvalue weighted by Crippen LogP contribution is -2.59. The Labute approximate surface area is 135 Å². The van der Waals surface area contributed by atoms with Gasteiger partial charge in [-0.15, -0.1) is 11.3 Å². The second-order valence-corrected chi connectivity index (χ2v) is 8.03. The number of thiophene rings is 1. The fraction of sp³-hybridized carbons (Fsp3) is 0.647. The first-order valence-corrected chi connectivity index (χ1v) is 9.00. The molecule has 3 rings (SSSR count). The minimum atomic E-state index is -0.286. The Kier molecular flexibility index (Phi) is 4.26. The van der Waals surface area contributed by atoms with Crippen LogP contribution in [0.2, 0.25) is 0 Å². The first-order chi connectivity index (χ1) is 10.5. The highest BCUT2D eigenvalue weighted by Gasteiger charge is 2.43. The molecular formula is C17H24N2O2S. The zero-order valence-electron chi connectivity index (χ0n) is 13.4. The largest absolute Gasteiger partial charge is 0.349 e. The van der Waals surface area contributed by atoms with E-state index in [1.54, 1.807) is 11.3 Å². The average Bonchev–Trinajstić information content (AvgIpc) is 2.75. The summed E-state index contributed by atoms with van der Waals surface area (Å²) in [6, 6.07) is 4.04. The Morgan fingerprint density at radius 2 is 2.18 bits per heavy atom. The lowest BCUT2D eigenvalue weighted by molar-refractivity contribution is -0.122. The quantitative estimate of drug-likeness (QED) is 0.864. The summed E-state index contributed by atoms with van der Waals surface area (Å²) in [4.78, 5) is 29.0. The van der Waals surface area contributed by atoms with Crippen molar-refractivity contribution >= 4 is 23.2 Å². The highest BCUT2D eigenvalue weighted by Crippen LogP contribution is 2.34. The van der Waals surface area contributed by atoms with Crippen molar-refractivity contribution in [2.75, 3.05) is 6.54 Å². The van der Waals surface area contributed by atoms with Gasteiger partial charge in [0.2, 0.25) is 5.91 Å². The van der Waals surface area contributed by atoms with Crippen LogP contribution in [0, 0.1) is 6.92 Å². The van der Waals surface area contributed by atoms with Crippen molar-refractivity contribution in [3.05, 3.63) is 21.9 Å². The molecule has 0 aromatic carbocycles. The number of amides is 2. The van der Waals surface area contributed by atoms with Crippen LogP contribution in [0.25, 0.3) is 0 Å². The molecule has 0 spiro atoms. The van der Waals surface area contributed by atoms with Crippen molar-refractivity contribution in [3.8, 4) is 0 Å². The van der Waals surface area contributed by atoms with E-state index in [0.717, 1.165) is 48.4 Å². The summed E-state index contributed by atoms with van der Waals surface area (Å²) in [5.74, 6) is 0.263. The number of nitrogens with zero attached hydrogens (tertiary/aromatic N) is 1. The number of aryl methyl sites for hydroxylation is 1. The smallest absolute Gasteiger partial charge is 0.264 e. The van der Waals surface area contributed by atoms with Crippen molar-refractivity contribution in [1.29, 1.82) is 0 Å². The number of carbonyl (C=O) groups is 2. The van der Waals surface area contributed by atoms with Crippen LogP contribution in [0.5, 0.6) is 0 Å². The first-order valence-electron chi connectivity index (χ1n) is 8.18. The SMILES string of the molecule is Cc1ccc(C(=O)N2CCCC[C@]3(C)NC(=O)CCC[C@H]23)s1. The summed E-state index contributed by atoms with van der Waals surface area (Å²) in [6.07, 6.45) is 5.37. The van der Waals surface area contributed by atoms with E-state index >= 15 is 0 Å². The highest BCUT2D eigenvalue weighted by molar-refractivity contribution is 7.13. The zero-order chi connectivity index (χ0) is 15.7. The molecule has 5 heteroatoms. The van der Waals surface area contributed by atoms with Crippen LogP contribution in [0.15, 0.2) is 12.1 Å². The zero-order valence-corrected chi connectivity index (χ0v) is 14.2. The molecule has 1 aromatic rings. The summed E-state index contributed by atoms with van der Waals surface area (Å²) in [7, 11) is 0. The molecule has 3 heterocycles. The minimum absolute atomic E-state index is 0.108. The van der Waals surface area contributed by atoms with E-state index in [1.807, 2.05) is 24.0 Å². The van der Waals surface area contributed by atoms with E-state index in [-0.39, 0.29) is 23.4 Å². The molecule has 2 atom stereocenters. The van der Waals surface area contributed by atoms with Gasteiger partial charge in [-0.05, 0) is 58.1 Å².